The Morgan fingerprint density at radius 2 is 0.947 bits per heavy atom. The molecule has 76 heavy (non-hydrogen) atoms. The number of carbonyl (C=O) groups excluding carboxylic acids is 4. The van der Waals surface area contributed by atoms with E-state index in [1.165, 1.54) is 10.9 Å². The van der Waals surface area contributed by atoms with Crippen LogP contribution in [0.5, 0.6) is 0 Å². The number of rotatable bonds is 55. The Kier molecular flexibility index (Phi) is 43.7. The number of carboxylic acids is 1. The molecule has 0 fully saturated rings. The number of aliphatic carboxylic acids is 1. The minimum absolute atomic E-state index is 0.0144. The lowest BCUT2D eigenvalue weighted by atomic mass is 10.1. The van der Waals surface area contributed by atoms with Gasteiger partial charge in [0.25, 0.3) is 0 Å². The molecule has 0 saturated heterocycles. The molecule has 0 aliphatic carbocycles. The molecular formula is C50H84N8O18. The fourth-order valence-corrected chi connectivity index (χ4v) is 6.58. The topological polar surface area (TPSA) is 329 Å². The lowest BCUT2D eigenvalue weighted by molar-refractivity contribution is -0.138. The number of aromatic amines is 1. The van der Waals surface area contributed by atoms with Crippen molar-refractivity contribution in [1.82, 2.24) is 26.3 Å². The number of hydrogen-bond donors (Lipinski definition) is 6. The number of hydrogen-bond acceptors (Lipinski definition) is 18. The average molecular weight is 1090 g/mol. The third-order valence-electron chi connectivity index (χ3n) is 10.4. The molecule has 1 aromatic heterocycles. The Bertz CT molecular complexity index is 1840. The molecule has 0 aliphatic rings. The van der Waals surface area contributed by atoms with Crippen LogP contribution in [0.25, 0.3) is 21.3 Å². The highest BCUT2D eigenvalue weighted by Crippen LogP contribution is 2.19. The van der Waals surface area contributed by atoms with Crippen molar-refractivity contribution in [3.8, 4) is 0 Å². The summed E-state index contributed by atoms with van der Waals surface area (Å²) in [6, 6.07) is 7.07. The maximum absolute atomic E-state index is 12.7. The summed E-state index contributed by atoms with van der Waals surface area (Å²) in [5.41, 5.74) is 10.5. The number of nitrogens with zero attached hydrogens (tertiary/aromatic N) is 3. The van der Waals surface area contributed by atoms with E-state index < -0.39 is 23.8 Å². The number of amides is 4. The highest BCUT2D eigenvalue weighted by molar-refractivity contribution is 5.88. The number of H-pyrrole nitrogens is 1. The Balaban J connectivity index is 1.30. The summed E-state index contributed by atoms with van der Waals surface area (Å²) < 4.78 is 65.3. The van der Waals surface area contributed by atoms with Gasteiger partial charge in [0, 0.05) is 73.9 Å². The van der Waals surface area contributed by atoms with E-state index in [2.05, 4.69) is 42.3 Å². The summed E-state index contributed by atoms with van der Waals surface area (Å²) in [6.45, 7) is 9.86. The van der Waals surface area contributed by atoms with Gasteiger partial charge in [-0.3, -0.25) is 24.0 Å². The Hall–Kier alpha value is -5.06. The molecule has 2 rings (SSSR count). The second-order valence-electron chi connectivity index (χ2n) is 16.4. The van der Waals surface area contributed by atoms with Crippen LogP contribution in [0.4, 0.5) is 0 Å². The number of carboxylic acid groups (broad SMARTS) is 1. The first kappa shape index (κ1) is 67.1. The third-order valence-corrected chi connectivity index (χ3v) is 10.4. The van der Waals surface area contributed by atoms with Crippen LogP contribution < -0.4 is 21.3 Å². The summed E-state index contributed by atoms with van der Waals surface area (Å²) in [5.74, 6) is -2.18. The quantitative estimate of drug-likeness (QED) is 0.0238. The Morgan fingerprint density at radius 3 is 1.45 bits per heavy atom. The molecule has 0 spiro atoms. The Morgan fingerprint density at radius 1 is 0.513 bits per heavy atom. The minimum atomic E-state index is -1.09. The maximum atomic E-state index is 12.7. The zero-order valence-electron chi connectivity index (χ0n) is 44.1. The normalized spacial score (nSPS) is 11.6. The van der Waals surface area contributed by atoms with Gasteiger partial charge in [0.05, 0.1) is 159 Å². The van der Waals surface area contributed by atoms with Gasteiger partial charge in [-0.2, -0.15) is 0 Å². The molecule has 26 heteroatoms. The summed E-state index contributed by atoms with van der Waals surface area (Å²) >= 11 is 0. The van der Waals surface area contributed by atoms with Crippen LogP contribution in [0.15, 0.2) is 35.6 Å². The molecule has 1 aromatic carbocycles. The van der Waals surface area contributed by atoms with Crippen molar-refractivity contribution in [2.24, 2.45) is 5.11 Å². The van der Waals surface area contributed by atoms with E-state index in [0.717, 1.165) is 18.4 Å². The second-order valence-corrected chi connectivity index (χ2v) is 16.4. The van der Waals surface area contributed by atoms with Gasteiger partial charge in [-0.15, -0.1) is 0 Å². The molecule has 432 valence electrons. The summed E-state index contributed by atoms with van der Waals surface area (Å²) in [7, 11) is 0. The number of azide groups is 1. The molecule has 1 heterocycles. The average Bonchev–Trinajstić information content (AvgIpc) is 3.83. The number of ether oxygens (including phenoxy) is 12. The van der Waals surface area contributed by atoms with Crippen molar-refractivity contribution in [3.63, 3.8) is 0 Å². The first-order valence-electron chi connectivity index (χ1n) is 26.1. The van der Waals surface area contributed by atoms with Crippen LogP contribution in [0.2, 0.25) is 0 Å². The second kappa shape index (κ2) is 49.5. The first-order valence-corrected chi connectivity index (χ1v) is 26.1. The van der Waals surface area contributed by atoms with Crippen molar-refractivity contribution >= 4 is 40.5 Å². The van der Waals surface area contributed by atoms with Crippen LogP contribution >= 0.6 is 0 Å². The molecule has 0 radical (unpaired) electrons. The van der Waals surface area contributed by atoms with Crippen LogP contribution in [0.3, 0.4) is 0 Å². The van der Waals surface area contributed by atoms with Crippen LogP contribution in [-0.4, -0.2) is 230 Å². The number of para-hydroxylation sites is 1. The standard InChI is InChI=1S/C50H84N8O18/c51-58-56-16-20-68-24-28-72-32-34-74-36-38-76-40-39-75-37-35-73-33-29-69-25-21-65-17-12-48(61)57-45(10-11-49(62)63)50(64)54-15-19-67-23-27-71-31-30-70-26-22-66-18-14-53-47(60)9-4-13-52-46(59)8-3-5-42-41-55-44-7-2-1-6-43(42)44/h1-2,6-7,41,45,55H,3-5,8-40H2,(H,52,59)(H,53,60)(H,54,64)(H,57,61)(H,62,63)/t45-/m1/s1. The van der Waals surface area contributed by atoms with E-state index in [0.29, 0.717) is 171 Å². The molecule has 26 nitrogen and oxygen atoms in total. The van der Waals surface area contributed by atoms with Crippen molar-refractivity contribution in [2.75, 3.05) is 185 Å². The molecule has 0 bridgehead atoms. The highest BCUT2D eigenvalue weighted by Gasteiger charge is 2.21. The van der Waals surface area contributed by atoms with Crippen LogP contribution in [0.1, 0.15) is 50.5 Å². The van der Waals surface area contributed by atoms with Gasteiger partial charge in [0.1, 0.15) is 6.04 Å². The molecule has 0 unspecified atom stereocenters. The van der Waals surface area contributed by atoms with E-state index in [4.69, 9.17) is 67.5 Å². The fraction of sp³-hybridized carbons (Fsp3) is 0.740. The zero-order valence-corrected chi connectivity index (χ0v) is 44.1. The van der Waals surface area contributed by atoms with Gasteiger partial charge in [-0.1, -0.05) is 23.3 Å². The van der Waals surface area contributed by atoms with Gasteiger partial charge >= 0.3 is 5.97 Å². The molecule has 0 aliphatic heterocycles. The first-order chi connectivity index (χ1) is 37.3. The summed E-state index contributed by atoms with van der Waals surface area (Å²) in [6.07, 6.45) is 4.46. The van der Waals surface area contributed by atoms with Gasteiger partial charge in [-0.25, -0.2) is 0 Å². The van der Waals surface area contributed by atoms with Gasteiger partial charge in [0.2, 0.25) is 23.6 Å². The number of aryl methyl sites for hydroxylation is 1. The lowest BCUT2D eigenvalue weighted by Gasteiger charge is -2.18. The Labute approximate surface area is 445 Å². The van der Waals surface area contributed by atoms with Gasteiger partial charge in [-0.05, 0) is 42.8 Å². The summed E-state index contributed by atoms with van der Waals surface area (Å²) in [5, 5.41) is 24.6. The van der Waals surface area contributed by atoms with E-state index >= 15 is 0 Å². The zero-order chi connectivity index (χ0) is 54.6. The van der Waals surface area contributed by atoms with Crippen LogP contribution in [0, 0.1) is 0 Å². The monoisotopic (exact) mass is 1080 g/mol. The van der Waals surface area contributed by atoms with Crippen molar-refractivity contribution < 1.29 is 85.9 Å². The van der Waals surface area contributed by atoms with E-state index in [1.54, 1.807) is 0 Å². The van der Waals surface area contributed by atoms with Crippen LogP contribution in [-0.2, 0) is 87.2 Å². The van der Waals surface area contributed by atoms with Gasteiger partial charge < -0.3 is 88.2 Å². The van der Waals surface area contributed by atoms with E-state index in [9.17, 15) is 24.0 Å². The SMILES string of the molecule is [N-]=[N+]=NCCOCCOCCOCCOCCOCCOCCOCCOCCC(=O)N[C@H](CCC(=O)O)C(=O)NCCOCCOCCOCCOCCNC(=O)CCCNC(=O)CCCc1c[nH]c2ccccc12. The molecule has 4 amide bonds. The highest BCUT2D eigenvalue weighted by atomic mass is 16.6. The number of fused-ring (bicyclic) bond motifs is 1. The molecule has 2 aromatic rings. The third kappa shape index (κ3) is 40.2. The molecule has 0 saturated carbocycles. The van der Waals surface area contributed by atoms with Crippen molar-refractivity contribution in [1.29, 1.82) is 0 Å². The molecule has 1 atom stereocenters. The van der Waals surface area contributed by atoms with Crippen molar-refractivity contribution in [2.45, 2.75) is 57.4 Å². The number of carbonyl (C=O) groups is 5. The number of benzene rings is 1. The predicted molar refractivity (Wildman–Crippen MR) is 277 cm³/mol. The lowest BCUT2D eigenvalue weighted by Crippen LogP contribution is -2.47. The number of nitrogens with one attached hydrogen (secondary N) is 5. The fourth-order valence-electron chi connectivity index (χ4n) is 6.58. The smallest absolute Gasteiger partial charge is 0.303 e. The van der Waals surface area contributed by atoms with E-state index in [-0.39, 0.29) is 64.0 Å². The van der Waals surface area contributed by atoms with Gasteiger partial charge in [0.15, 0.2) is 0 Å². The van der Waals surface area contributed by atoms with Crippen molar-refractivity contribution in [3.05, 3.63) is 46.5 Å². The number of aromatic nitrogens is 1. The molecular weight excluding hydrogens is 1000 g/mol. The van der Waals surface area contributed by atoms with E-state index in [1.807, 2.05) is 24.4 Å². The molecule has 6 N–H and O–H groups in total. The largest absolute Gasteiger partial charge is 0.481 e. The maximum Gasteiger partial charge on any atom is 0.303 e. The minimum Gasteiger partial charge on any atom is -0.481 e. The summed E-state index contributed by atoms with van der Waals surface area (Å²) in [4.78, 5) is 66.6. The predicted octanol–water partition coefficient (Wildman–Crippen LogP) is 1.87.